The zero-order valence-corrected chi connectivity index (χ0v) is 12.9. The molecule has 1 aliphatic rings. The Bertz CT molecular complexity index is 776. The second-order valence-corrected chi connectivity index (χ2v) is 5.10. The molecule has 0 atom stereocenters. The number of amides is 1. The number of fused-ring (bicyclic) bond motifs is 1. The summed E-state index contributed by atoms with van der Waals surface area (Å²) in [7, 11) is 0. The van der Waals surface area contributed by atoms with Gasteiger partial charge < -0.3 is 19.5 Å². The van der Waals surface area contributed by atoms with E-state index in [4.69, 9.17) is 14.6 Å². The molecule has 1 amide bonds. The molecule has 0 fully saturated rings. The molecule has 1 aromatic carbocycles. The number of ether oxygens (including phenoxy) is 2. The minimum atomic E-state index is -1.19. The molecule has 0 saturated heterocycles. The third kappa shape index (κ3) is 3.12. The first-order valence-electron chi connectivity index (χ1n) is 7.31. The number of carboxylic acid groups (broad SMARTS) is 1. The lowest BCUT2D eigenvalue weighted by molar-refractivity contribution is 0.0685. The predicted molar refractivity (Wildman–Crippen MR) is 82.0 cm³/mol. The van der Waals surface area contributed by atoms with Gasteiger partial charge in [0.2, 0.25) is 6.79 Å². The SMILES string of the molecule is CCN(Cc1ccc2c(c1)OCO2)C(=O)c1cnc(C(=O)O)cn1. The van der Waals surface area contributed by atoms with Crippen LogP contribution in [0.4, 0.5) is 0 Å². The van der Waals surface area contributed by atoms with Crippen molar-refractivity contribution in [3.05, 3.63) is 47.5 Å². The fourth-order valence-electron chi connectivity index (χ4n) is 2.30. The Morgan fingerprint density at radius 1 is 1.17 bits per heavy atom. The van der Waals surface area contributed by atoms with Gasteiger partial charge in [-0.05, 0) is 24.6 Å². The Labute approximate surface area is 137 Å². The van der Waals surface area contributed by atoms with Gasteiger partial charge in [-0.1, -0.05) is 6.07 Å². The highest BCUT2D eigenvalue weighted by molar-refractivity contribution is 5.92. The number of carbonyl (C=O) groups is 2. The van der Waals surface area contributed by atoms with Gasteiger partial charge in [0.1, 0.15) is 5.69 Å². The van der Waals surface area contributed by atoms with Crippen LogP contribution in [0.2, 0.25) is 0 Å². The third-order valence-corrected chi connectivity index (χ3v) is 3.57. The van der Waals surface area contributed by atoms with Crippen LogP contribution in [0.5, 0.6) is 11.5 Å². The van der Waals surface area contributed by atoms with Crippen LogP contribution < -0.4 is 9.47 Å². The van der Waals surface area contributed by atoms with Gasteiger partial charge in [0, 0.05) is 13.1 Å². The van der Waals surface area contributed by atoms with E-state index in [0.29, 0.717) is 24.6 Å². The minimum Gasteiger partial charge on any atom is -0.476 e. The average molecular weight is 329 g/mol. The van der Waals surface area contributed by atoms with Gasteiger partial charge >= 0.3 is 5.97 Å². The first-order chi connectivity index (χ1) is 11.6. The fraction of sp³-hybridized carbons (Fsp3) is 0.250. The van der Waals surface area contributed by atoms with E-state index in [2.05, 4.69) is 9.97 Å². The standard InChI is InChI=1S/C16H15N3O5/c1-2-19(8-10-3-4-13-14(5-10)24-9-23-13)15(20)11-6-18-12(7-17-11)16(21)22/h3-7H,2,8-9H2,1H3,(H,21,22). The summed E-state index contributed by atoms with van der Waals surface area (Å²) in [5, 5.41) is 8.82. The van der Waals surface area contributed by atoms with Crippen LogP contribution in [0.25, 0.3) is 0 Å². The summed E-state index contributed by atoms with van der Waals surface area (Å²) in [5.74, 6) is -0.168. The Hall–Kier alpha value is -3.16. The Balaban J connectivity index is 1.75. The topological polar surface area (TPSA) is 102 Å². The number of hydrogen-bond acceptors (Lipinski definition) is 6. The Morgan fingerprint density at radius 3 is 2.54 bits per heavy atom. The highest BCUT2D eigenvalue weighted by Gasteiger charge is 2.19. The van der Waals surface area contributed by atoms with Crippen LogP contribution in [0.3, 0.4) is 0 Å². The van der Waals surface area contributed by atoms with Crippen molar-refractivity contribution >= 4 is 11.9 Å². The van der Waals surface area contributed by atoms with Crippen molar-refractivity contribution in [1.82, 2.24) is 14.9 Å². The smallest absolute Gasteiger partial charge is 0.356 e. The number of aromatic nitrogens is 2. The fourth-order valence-corrected chi connectivity index (χ4v) is 2.30. The molecule has 0 spiro atoms. The molecule has 0 aliphatic carbocycles. The lowest BCUT2D eigenvalue weighted by Gasteiger charge is -2.20. The van der Waals surface area contributed by atoms with Crippen molar-refractivity contribution in [2.45, 2.75) is 13.5 Å². The Kier molecular flexibility index (Phi) is 4.28. The molecule has 1 aliphatic heterocycles. The summed E-state index contributed by atoms with van der Waals surface area (Å²) in [4.78, 5) is 32.5. The molecule has 3 rings (SSSR count). The van der Waals surface area contributed by atoms with E-state index in [0.717, 1.165) is 11.8 Å². The number of carbonyl (C=O) groups excluding carboxylic acids is 1. The van der Waals surface area contributed by atoms with Gasteiger partial charge in [0.15, 0.2) is 17.2 Å². The number of benzene rings is 1. The molecule has 0 bridgehead atoms. The van der Waals surface area contributed by atoms with Crippen molar-refractivity contribution in [3.63, 3.8) is 0 Å². The molecule has 8 nitrogen and oxygen atoms in total. The van der Waals surface area contributed by atoms with E-state index in [1.54, 1.807) is 11.0 Å². The zero-order valence-electron chi connectivity index (χ0n) is 12.9. The maximum absolute atomic E-state index is 12.5. The van der Waals surface area contributed by atoms with E-state index < -0.39 is 5.97 Å². The van der Waals surface area contributed by atoms with Gasteiger partial charge in [-0.15, -0.1) is 0 Å². The van der Waals surface area contributed by atoms with Crippen molar-refractivity contribution in [1.29, 1.82) is 0 Å². The summed E-state index contributed by atoms with van der Waals surface area (Å²) in [6.07, 6.45) is 2.25. The predicted octanol–water partition coefficient (Wildman–Crippen LogP) is 1.57. The molecular weight excluding hydrogens is 314 g/mol. The van der Waals surface area contributed by atoms with E-state index in [-0.39, 0.29) is 24.1 Å². The van der Waals surface area contributed by atoms with Crippen molar-refractivity contribution in [2.24, 2.45) is 0 Å². The average Bonchev–Trinajstić information content (AvgIpc) is 3.07. The molecule has 124 valence electrons. The molecule has 0 saturated carbocycles. The summed E-state index contributed by atoms with van der Waals surface area (Å²) in [5.41, 5.74) is 0.789. The normalized spacial score (nSPS) is 12.0. The molecule has 2 heterocycles. The summed E-state index contributed by atoms with van der Waals surface area (Å²) >= 11 is 0. The summed E-state index contributed by atoms with van der Waals surface area (Å²) < 4.78 is 10.6. The Morgan fingerprint density at radius 2 is 1.88 bits per heavy atom. The molecular formula is C16H15N3O5. The number of rotatable bonds is 5. The van der Waals surface area contributed by atoms with Gasteiger partial charge in [0.05, 0.1) is 12.4 Å². The highest BCUT2D eigenvalue weighted by atomic mass is 16.7. The maximum atomic E-state index is 12.5. The third-order valence-electron chi connectivity index (χ3n) is 3.57. The first kappa shape index (κ1) is 15.7. The lowest BCUT2D eigenvalue weighted by atomic mass is 10.2. The largest absolute Gasteiger partial charge is 0.476 e. The molecule has 8 heteroatoms. The van der Waals surface area contributed by atoms with E-state index >= 15 is 0 Å². The van der Waals surface area contributed by atoms with Crippen molar-refractivity contribution in [2.75, 3.05) is 13.3 Å². The molecule has 1 N–H and O–H groups in total. The maximum Gasteiger partial charge on any atom is 0.356 e. The molecule has 2 aromatic rings. The number of nitrogens with zero attached hydrogens (tertiary/aromatic N) is 3. The van der Waals surface area contributed by atoms with Gasteiger partial charge in [0.25, 0.3) is 5.91 Å². The molecule has 1 aromatic heterocycles. The van der Waals surface area contributed by atoms with Crippen LogP contribution in [-0.2, 0) is 6.54 Å². The van der Waals surface area contributed by atoms with Crippen LogP contribution in [-0.4, -0.2) is 45.2 Å². The van der Waals surface area contributed by atoms with Crippen molar-refractivity contribution in [3.8, 4) is 11.5 Å². The second-order valence-electron chi connectivity index (χ2n) is 5.10. The monoisotopic (exact) mass is 329 g/mol. The molecule has 0 unspecified atom stereocenters. The quantitative estimate of drug-likeness (QED) is 0.888. The molecule has 0 radical (unpaired) electrons. The van der Waals surface area contributed by atoms with Gasteiger partial charge in [-0.25, -0.2) is 14.8 Å². The first-order valence-corrected chi connectivity index (χ1v) is 7.31. The van der Waals surface area contributed by atoms with Crippen LogP contribution >= 0.6 is 0 Å². The number of aromatic carboxylic acids is 1. The second kappa shape index (κ2) is 6.53. The minimum absolute atomic E-state index is 0.0996. The molecule has 24 heavy (non-hydrogen) atoms. The van der Waals surface area contributed by atoms with Crippen molar-refractivity contribution < 1.29 is 24.2 Å². The van der Waals surface area contributed by atoms with E-state index in [1.165, 1.54) is 6.20 Å². The van der Waals surface area contributed by atoms with Gasteiger partial charge in [-0.3, -0.25) is 4.79 Å². The van der Waals surface area contributed by atoms with Crippen LogP contribution in [0, 0.1) is 0 Å². The number of carboxylic acids is 1. The summed E-state index contributed by atoms with van der Waals surface area (Å²) in [6.45, 7) is 2.88. The van der Waals surface area contributed by atoms with E-state index in [1.807, 2.05) is 19.1 Å². The van der Waals surface area contributed by atoms with Crippen LogP contribution in [0.15, 0.2) is 30.6 Å². The van der Waals surface area contributed by atoms with Crippen LogP contribution in [0.1, 0.15) is 33.5 Å². The van der Waals surface area contributed by atoms with Gasteiger partial charge in [-0.2, -0.15) is 0 Å². The lowest BCUT2D eigenvalue weighted by Crippen LogP contribution is -2.31. The zero-order chi connectivity index (χ0) is 17.1. The highest BCUT2D eigenvalue weighted by Crippen LogP contribution is 2.32. The number of hydrogen-bond donors (Lipinski definition) is 1. The summed E-state index contributed by atoms with van der Waals surface area (Å²) in [6, 6.07) is 5.50. The van der Waals surface area contributed by atoms with E-state index in [9.17, 15) is 9.59 Å².